The standard InChI is InChI=1S/C14H22FNO/c1-11(2)10-17-8-7-12(9-16)13-5-3-4-6-14(13)15/h3-6,11-12H,7-10,16H2,1-2H3. The molecule has 0 saturated carbocycles. The van der Waals surface area contributed by atoms with Crippen molar-refractivity contribution in [3.63, 3.8) is 0 Å². The van der Waals surface area contributed by atoms with Crippen LogP contribution in [0.1, 0.15) is 31.7 Å². The van der Waals surface area contributed by atoms with E-state index in [1.807, 2.05) is 6.07 Å². The van der Waals surface area contributed by atoms with Crippen molar-refractivity contribution in [2.24, 2.45) is 11.7 Å². The fourth-order valence-corrected chi connectivity index (χ4v) is 1.75. The molecule has 0 fully saturated rings. The summed E-state index contributed by atoms with van der Waals surface area (Å²) in [6, 6.07) is 6.82. The average Bonchev–Trinajstić information content (AvgIpc) is 2.30. The number of ether oxygens (including phenoxy) is 1. The number of halogens is 1. The molecule has 1 atom stereocenters. The molecule has 0 bridgehead atoms. The fraction of sp³-hybridized carbons (Fsp3) is 0.571. The molecule has 0 amide bonds. The topological polar surface area (TPSA) is 35.2 Å². The normalized spacial score (nSPS) is 13.0. The lowest BCUT2D eigenvalue weighted by Crippen LogP contribution is -2.16. The molecule has 0 aliphatic carbocycles. The third-order valence-corrected chi connectivity index (χ3v) is 2.69. The van der Waals surface area contributed by atoms with E-state index < -0.39 is 0 Å². The quantitative estimate of drug-likeness (QED) is 0.742. The van der Waals surface area contributed by atoms with E-state index >= 15 is 0 Å². The first kappa shape index (κ1) is 14.1. The van der Waals surface area contributed by atoms with Crippen molar-refractivity contribution in [3.8, 4) is 0 Å². The van der Waals surface area contributed by atoms with Crippen LogP contribution in [0.2, 0.25) is 0 Å². The van der Waals surface area contributed by atoms with Gasteiger partial charge in [-0.05, 0) is 30.5 Å². The zero-order valence-electron chi connectivity index (χ0n) is 10.7. The summed E-state index contributed by atoms with van der Waals surface area (Å²) >= 11 is 0. The minimum atomic E-state index is -0.174. The summed E-state index contributed by atoms with van der Waals surface area (Å²) in [6.45, 7) is 6.05. The van der Waals surface area contributed by atoms with Crippen molar-refractivity contribution in [1.82, 2.24) is 0 Å². The Morgan fingerprint density at radius 2 is 2.00 bits per heavy atom. The number of nitrogens with two attached hydrogens (primary N) is 1. The lowest BCUT2D eigenvalue weighted by molar-refractivity contribution is 0.104. The van der Waals surface area contributed by atoms with Gasteiger partial charge in [-0.2, -0.15) is 0 Å². The van der Waals surface area contributed by atoms with Gasteiger partial charge < -0.3 is 10.5 Å². The van der Waals surface area contributed by atoms with Crippen LogP contribution in [-0.2, 0) is 4.74 Å². The van der Waals surface area contributed by atoms with Gasteiger partial charge >= 0.3 is 0 Å². The molecular weight excluding hydrogens is 217 g/mol. The van der Waals surface area contributed by atoms with Crippen molar-refractivity contribution < 1.29 is 9.13 Å². The summed E-state index contributed by atoms with van der Waals surface area (Å²) in [5.41, 5.74) is 6.39. The molecule has 1 aromatic carbocycles. The zero-order chi connectivity index (χ0) is 12.7. The van der Waals surface area contributed by atoms with Crippen LogP contribution < -0.4 is 5.73 Å². The van der Waals surface area contributed by atoms with E-state index in [-0.39, 0.29) is 11.7 Å². The molecule has 0 aliphatic rings. The first-order chi connectivity index (χ1) is 8.15. The van der Waals surface area contributed by atoms with Gasteiger partial charge in [0.25, 0.3) is 0 Å². The second-order valence-electron chi connectivity index (χ2n) is 4.71. The van der Waals surface area contributed by atoms with E-state index in [1.54, 1.807) is 12.1 Å². The fourth-order valence-electron chi connectivity index (χ4n) is 1.75. The SMILES string of the molecule is CC(C)COCCC(CN)c1ccccc1F. The van der Waals surface area contributed by atoms with Crippen molar-refractivity contribution in [3.05, 3.63) is 35.6 Å². The Morgan fingerprint density at radius 1 is 1.29 bits per heavy atom. The van der Waals surface area contributed by atoms with Gasteiger partial charge in [-0.25, -0.2) is 4.39 Å². The van der Waals surface area contributed by atoms with Gasteiger partial charge in [-0.3, -0.25) is 0 Å². The summed E-state index contributed by atoms with van der Waals surface area (Å²) in [5, 5.41) is 0. The molecular formula is C14H22FNO. The highest BCUT2D eigenvalue weighted by atomic mass is 19.1. The van der Waals surface area contributed by atoms with Crippen LogP contribution in [0.3, 0.4) is 0 Å². The van der Waals surface area contributed by atoms with Gasteiger partial charge in [-0.15, -0.1) is 0 Å². The Balaban J connectivity index is 2.46. The van der Waals surface area contributed by atoms with Gasteiger partial charge in [0.15, 0.2) is 0 Å². The van der Waals surface area contributed by atoms with Gasteiger partial charge in [0.05, 0.1) is 0 Å². The van der Waals surface area contributed by atoms with Crippen LogP contribution in [0, 0.1) is 11.7 Å². The molecule has 0 heterocycles. The first-order valence-electron chi connectivity index (χ1n) is 6.17. The van der Waals surface area contributed by atoms with Gasteiger partial charge in [0.2, 0.25) is 0 Å². The number of rotatable bonds is 7. The van der Waals surface area contributed by atoms with Crippen molar-refractivity contribution in [1.29, 1.82) is 0 Å². The Bertz CT molecular complexity index is 328. The number of benzene rings is 1. The molecule has 0 spiro atoms. The van der Waals surface area contributed by atoms with Gasteiger partial charge in [0.1, 0.15) is 5.82 Å². The van der Waals surface area contributed by atoms with Crippen LogP contribution in [0.4, 0.5) is 4.39 Å². The van der Waals surface area contributed by atoms with Crippen molar-refractivity contribution in [2.75, 3.05) is 19.8 Å². The van der Waals surface area contributed by atoms with Crippen LogP contribution in [0.15, 0.2) is 24.3 Å². The molecule has 2 N–H and O–H groups in total. The molecule has 1 unspecified atom stereocenters. The second kappa shape index (κ2) is 7.41. The van der Waals surface area contributed by atoms with E-state index in [4.69, 9.17) is 10.5 Å². The summed E-state index contributed by atoms with van der Waals surface area (Å²) in [4.78, 5) is 0. The third kappa shape index (κ3) is 4.84. The van der Waals surface area contributed by atoms with Crippen LogP contribution >= 0.6 is 0 Å². The number of hydrogen-bond acceptors (Lipinski definition) is 2. The van der Waals surface area contributed by atoms with E-state index in [9.17, 15) is 4.39 Å². The summed E-state index contributed by atoms with van der Waals surface area (Å²) in [5.74, 6) is 0.398. The molecule has 0 aliphatic heterocycles. The molecule has 1 rings (SSSR count). The van der Waals surface area contributed by atoms with Gasteiger partial charge in [0, 0.05) is 19.1 Å². The lowest BCUT2D eigenvalue weighted by atomic mass is 9.96. The summed E-state index contributed by atoms with van der Waals surface area (Å²) < 4.78 is 19.1. The summed E-state index contributed by atoms with van der Waals surface area (Å²) in [7, 11) is 0. The molecule has 2 nitrogen and oxygen atoms in total. The molecule has 17 heavy (non-hydrogen) atoms. The minimum absolute atomic E-state index is 0.0448. The number of hydrogen-bond donors (Lipinski definition) is 1. The van der Waals surface area contributed by atoms with Crippen molar-refractivity contribution >= 4 is 0 Å². The van der Waals surface area contributed by atoms with E-state index in [0.29, 0.717) is 24.6 Å². The largest absolute Gasteiger partial charge is 0.381 e. The molecule has 96 valence electrons. The lowest BCUT2D eigenvalue weighted by Gasteiger charge is -2.16. The Hall–Kier alpha value is -0.930. The average molecular weight is 239 g/mol. The van der Waals surface area contributed by atoms with E-state index in [2.05, 4.69) is 13.8 Å². The highest BCUT2D eigenvalue weighted by Crippen LogP contribution is 2.21. The monoisotopic (exact) mass is 239 g/mol. The van der Waals surface area contributed by atoms with Crippen LogP contribution in [0.25, 0.3) is 0 Å². The maximum Gasteiger partial charge on any atom is 0.126 e. The highest BCUT2D eigenvalue weighted by Gasteiger charge is 2.13. The first-order valence-corrected chi connectivity index (χ1v) is 6.17. The summed E-state index contributed by atoms with van der Waals surface area (Å²) in [6.07, 6.45) is 0.768. The maximum atomic E-state index is 13.6. The van der Waals surface area contributed by atoms with E-state index in [1.165, 1.54) is 6.07 Å². The zero-order valence-corrected chi connectivity index (χ0v) is 10.7. The van der Waals surface area contributed by atoms with Crippen molar-refractivity contribution in [2.45, 2.75) is 26.2 Å². The Labute approximate surface area is 103 Å². The Morgan fingerprint density at radius 3 is 2.59 bits per heavy atom. The van der Waals surface area contributed by atoms with Crippen LogP contribution in [-0.4, -0.2) is 19.8 Å². The molecule has 0 aromatic heterocycles. The molecule has 0 radical (unpaired) electrons. The molecule has 1 aromatic rings. The van der Waals surface area contributed by atoms with Crippen LogP contribution in [0.5, 0.6) is 0 Å². The minimum Gasteiger partial charge on any atom is -0.381 e. The smallest absolute Gasteiger partial charge is 0.126 e. The highest BCUT2D eigenvalue weighted by molar-refractivity contribution is 5.21. The third-order valence-electron chi connectivity index (χ3n) is 2.69. The Kier molecular flexibility index (Phi) is 6.16. The maximum absolute atomic E-state index is 13.6. The van der Waals surface area contributed by atoms with Gasteiger partial charge in [-0.1, -0.05) is 32.0 Å². The molecule has 0 saturated heterocycles. The molecule has 3 heteroatoms. The van der Waals surface area contributed by atoms with E-state index in [0.717, 1.165) is 13.0 Å². The predicted octanol–water partition coefficient (Wildman–Crippen LogP) is 2.93. The second-order valence-corrected chi connectivity index (χ2v) is 4.71. The predicted molar refractivity (Wildman–Crippen MR) is 68.5 cm³/mol.